The van der Waals surface area contributed by atoms with E-state index < -0.39 is 17.0 Å². The molecule has 1 aromatic carbocycles. The molecule has 0 unspecified atom stereocenters. The number of aliphatic carboxylic acids is 1. The molecule has 1 aromatic rings. The highest BCUT2D eigenvalue weighted by atomic mass is 35.5. The Bertz CT molecular complexity index is 448. The Morgan fingerprint density at radius 2 is 2.29 bits per heavy atom. The predicted octanol–water partition coefficient (Wildman–Crippen LogP) is 2.24. The standard InChI is InChI=1S/C10H10ClNO5/c1-6(10(13)14)17-5-7-2-3-8(11)4-9(7)12(15)16/h2-4,6H,5H2,1H3,(H,13,14)/t6-/m1/s1. The Labute approximate surface area is 102 Å². The fourth-order valence-electron chi connectivity index (χ4n) is 1.12. The number of carboxylic acids is 1. The summed E-state index contributed by atoms with van der Waals surface area (Å²) in [5, 5.41) is 19.6. The fourth-order valence-corrected chi connectivity index (χ4v) is 1.28. The molecule has 92 valence electrons. The van der Waals surface area contributed by atoms with Crippen molar-refractivity contribution in [2.45, 2.75) is 19.6 Å². The largest absolute Gasteiger partial charge is 0.479 e. The summed E-state index contributed by atoms with van der Waals surface area (Å²) >= 11 is 5.63. The lowest BCUT2D eigenvalue weighted by Crippen LogP contribution is -2.19. The number of nitro benzene ring substituents is 1. The zero-order valence-corrected chi connectivity index (χ0v) is 9.68. The Morgan fingerprint density at radius 3 is 2.82 bits per heavy atom. The lowest BCUT2D eigenvalue weighted by Gasteiger charge is -2.08. The summed E-state index contributed by atoms with van der Waals surface area (Å²) in [5.41, 5.74) is 0.0996. The molecule has 0 aliphatic carbocycles. The summed E-state index contributed by atoms with van der Waals surface area (Å²) in [7, 11) is 0. The monoisotopic (exact) mass is 259 g/mol. The van der Waals surface area contributed by atoms with Crippen LogP contribution in [0.4, 0.5) is 5.69 Å². The predicted molar refractivity (Wildman–Crippen MR) is 60.0 cm³/mol. The van der Waals surface area contributed by atoms with Crippen molar-refractivity contribution in [1.29, 1.82) is 0 Å². The van der Waals surface area contributed by atoms with Crippen LogP contribution in [0.2, 0.25) is 5.02 Å². The van der Waals surface area contributed by atoms with Gasteiger partial charge in [0.2, 0.25) is 0 Å². The Morgan fingerprint density at radius 1 is 1.65 bits per heavy atom. The number of rotatable bonds is 5. The maximum Gasteiger partial charge on any atom is 0.332 e. The number of carbonyl (C=O) groups is 1. The normalized spacial score (nSPS) is 12.1. The quantitative estimate of drug-likeness (QED) is 0.647. The second-order valence-electron chi connectivity index (χ2n) is 3.32. The molecule has 0 bridgehead atoms. The molecule has 6 nitrogen and oxygen atoms in total. The van der Waals surface area contributed by atoms with E-state index >= 15 is 0 Å². The van der Waals surface area contributed by atoms with Crippen molar-refractivity contribution in [3.63, 3.8) is 0 Å². The highest BCUT2D eigenvalue weighted by Gasteiger charge is 2.17. The van der Waals surface area contributed by atoms with E-state index in [2.05, 4.69) is 0 Å². The number of hydrogen-bond acceptors (Lipinski definition) is 4. The van der Waals surface area contributed by atoms with Gasteiger partial charge in [-0.25, -0.2) is 4.79 Å². The number of hydrogen-bond donors (Lipinski definition) is 1. The van der Waals surface area contributed by atoms with Crippen LogP contribution in [0.1, 0.15) is 12.5 Å². The van der Waals surface area contributed by atoms with Gasteiger partial charge >= 0.3 is 5.97 Å². The highest BCUT2D eigenvalue weighted by molar-refractivity contribution is 6.30. The molecule has 17 heavy (non-hydrogen) atoms. The minimum atomic E-state index is -1.12. The van der Waals surface area contributed by atoms with E-state index in [0.717, 1.165) is 0 Å². The molecular weight excluding hydrogens is 250 g/mol. The van der Waals surface area contributed by atoms with Gasteiger partial charge in [-0.15, -0.1) is 0 Å². The SMILES string of the molecule is C[C@@H](OCc1ccc(Cl)cc1[N+](=O)[O-])C(=O)O. The molecule has 0 saturated heterocycles. The lowest BCUT2D eigenvalue weighted by atomic mass is 10.2. The first-order valence-electron chi connectivity index (χ1n) is 4.69. The molecule has 7 heteroatoms. The molecule has 0 amide bonds. The molecule has 1 N–H and O–H groups in total. The Kier molecular flexibility index (Phi) is 4.42. The third-order valence-corrected chi connectivity index (χ3v) is 2.32. The summed E-state index contributed by atoms with van der Waals surface area (Å²) in [5.74, 6) is -1.12. The van der Waals surface area contributed by atoms with Gasteiger partial charge < -0.3 is 9.84 Å². The second-order valence-corrected chi connectivity index (χ2v) is 3.76. The van der Waals surface area contributed by atoms with Crippen molar-refractivity contribution >= 4 is 23.3 Å². The lowest BCUT2D eigenvalue weighted by molar-refractivity contribution is -0.386. The van der Waals surface area contributed by atoms with Gasteiger partial charge in [0.25, 0.3) is 5.69 Å². The highest BCUT2D eigenvalue weighted by Crippen LogP contribution is 2.24. The van der Waals surface area contributed by atoms with E-state index in [1.807, 2.05) is 0 Å². The molecule has 0 saturated carbocycles. The number of benzene rings is 1. The van der Waals surface area contributed by atoms with Crippen molar-refractivity contribution in [2.75, 3.05) is 0 Å². The molecule has 1 rings (SSSR count). The number of halogens is 1. The van der Waals surface area contributed by atoms with Gasteiger partial charge in [0.15, 0.2) is 6.10 Å². The summed E-state index contributed by atoms with van der Waals surface area (Å²) in [4.78, 5) is 20.7. The Hall–Kier alpha value is -1.66. The van der Waals surface area contributed by atoms with Gasteiger partial charge in [-0.05, 0) is 19.1 Å². The van der Waals surface area contributed by atoms with Crippen LogP contribution in [0.3, 0.4) is 0 Å². The summed E-state index contributed by atoms with van der Waals surface area (Å²) in [6.07, 6.45) is -1.02. The second kappa shape index (κ2) is 5.60. The third-order valence-electron chi connectivity index (χ3n) is 2.08. The van der Waals surface area contributed by atoms with E-state index in [4.69, 9.17) is 21.4 Å². The van der Waals surface area contributed by atoms with Crippen LogP contribution in [-0.4, -0.2) is 22.1 Å². The first-order chi connectivity index (χ1) is 7.91. The molecule has 0 aromatic heterocycles. The zero-order chi connectivity index (χ0) is 13.0. The third kappa shape index (κ3) is 3.69. The maximum atomic E-state index is 10.7. The number of nitrogens with zero attached hydrogens (tertiary/aromatic N) is 1. The van der Waals surface area contributed by atoms with Gasteiger partial charge in [-0.3, -0.25) is 10.1 Å². The minimum absolute atomic E-state index is 0.152. The number of nitro groups is 1. The topological polar surface area (TPSA) is 89.7 Å². The fraction of sp³-hybridized carbons (Fsp3) is 0.300. The molecule has 0 spiro atoms. The molecule has 0 radical (unpaired) electrons. The van der Waals surface area contributed by atoms with E-state index in [9.17, 15) is 14.9 Å². The van der Waals surface area contributed by atoms with Gasteiger partial charge in [-0.2, -0.15) is 0 Å². The van der Waals surface area contributed by atoms with E-state index in [0.29, 0.717) is 0 Å². The van der Waals surface area contributed by atoms with Crippen molar-refractivity contribution in [3.8, 4) is 0 Å². The van der Waals surface area contributed by atoms with Crippen LogP contribution in [0.5, 0.6) is 0 Å². The molecule has 1 atom stereocenters. The number of ether oxygens (including phenoxy) is 1. The van der Waals surface area contributed by atoms with Gasteiger partial charge in [0, 0.05) is 11.1 Å². The average Bonchev–Trinajstić information content (AvgIpc) is 2.26. The van der Waals surface area contributed by atoms with Gasteiger partial charge in [0.1, 0.15) is 0 Å². The van der Waals surface area contributed by atoms with Gasteiger partial charge in [0.05, 0.1) is 17.1 Å². The first kappa shape index (κ1) is 13.4. The van der Waals surface area contributed by atoms with Crippen LogP contribution in [0, 0.1) is 10.1 Å². The van der Waals surface area contributed by atoms with Crippen LogP contribution >= 0.6 is 11.6 Å². The van der Waals surface area contributed by atoms with Crippen LogP contribution in [0.25, 0.3) is 0 Å². The minimum Gasteiger partial charge on any atom is -0.479 e. The van der Waals surface area contributed by atoms with Crippen molar-refractivity contribution < 1.29 is 19.6 Å². The average molecular weight is 260 g/mol. The number of carboxylic acid groups (broad SMARTS) is 1. The molecule has 0 aliphatic heterocycles. The molecule has 0 heterocycles. The van der Waals surface area contributed by atoms with Crippen molar-refractivity contribution in [1.82, 2.24) is 0 Å². The van der Waals surface area contributed by atoms with Crippen LogP contribution in [-0.2, 0) is 16.1 Å². The molecular formula is C10H10ClNO5. The molecule has 0 aliphatic rings. The summed E-state index contributed by atoms with van der Waals surface area (Å²) in [6.45, 7) is 1.20. The van der Waals surface area contributed by atoms with E-state index in [-0.39, 0.29) is 22.9 Å². The Balaban J connectivity index is 2.84. The van der Waals surface area contributed by atoms with E-state index in [1.54, 1.807) is 0 Å². The summed E-state index contributed by atoms with van der Waals surface area (Å²) < 4.78 is 4.97. The smallest absolute Gasteiger partial charge is 0.332 e. The first-order valence-corrected chi connectivity index (χ1v) is 5.07. The molecule has 0 fully saturated rings. The maximum absolute atomic E-state index is 10.7. The van der Waals surface area contributed by atoms with Crippen molar-refractivity contribution in [3.05, 3.63) is 38.9 Å². The zero-order valence-electron chi connectivity index (χ0n) is 8.92. The summed E-state index contributed by atoms with van der Waals surface area (Å²) in [6, 6.07) is 4.12. The van der Waals surface area contributed by atoms with Crippen molar-refractivity contribution in [2.24, 2.45) is 0 Å². The van der Waals surface area contributed by atoms with E-state index in [1.165, 1.54) is 25.1 Å². The van der Waals surface area contributed by atoms with Crippen LogP contribution < -0.4 is 0 Å². The van der Waals surface area contributed by atoms with Crippen LogP contribution in [0.15, 0.2) is 18.2 Å². The van der Waals surface area contributed by atoms with Gasteiger partial charge in [-0.1, -0.05) is 11.6 Å².